The first-order valence-corrected chi connectivity index (χ1v) is 14.2. The summed E-state index contributed by atoms with van der Waals surface area (Å²) in [6.07, 6.45) is 8.73. The zero-order valence-corrected chi connectivity index (χ0v) is 22.2. The van der Waals surface area contributed by atoms with Gasteiger partial charge in [-0.25, -0.2) is 0 Å². The number of phenolic OH excluding ortho intramolecular Hbond substituents is 1. The van der Waals surface area contributed by atoms with Gasteiger partial charge in [0.25, 0.3) is 5.91 Å². The van der Waals surface area contributed by atoms with Gasteiger partial charge in [-0.2, -0.15) is 11.8 Å². The van der Waals surface area contributed by atoms with Crippen LogP contribution in [0.5, 0.6) is 5.75 Å². The number of thioether (sulfide) groups is 1. The first-order valence-electron chi connectivity index (χ1n) is 13.1. The number of carbonyl (C=O) groups excluding carboxylic acids is 2. The van der Waals surface area contributed by atoms with Gasteiger partial charge in [-0.05, 0) is 41.3 Å². The summed E-state index contributed by atoms with van der Waals surface area (Å²) in [5.74, 6) is 1.08. The Morgan fingerprint density at radius 1 is 0.974 bits per heavy atom. The third-order valence-corrected chi connectivity index (χ3v) is 8.44. The summed E-state index contributed by atoms with van der Waals surface area (Å²) in [5.41, 5.74) is 5.25. The standard InChI is InChI=1S/C32H29N3O3S/c36-29-17-23(34-32(38)26-11-5-4-10-25(26)21-7-2-1-3-8-21)13-14-27(29)31(37)28-12-6-9-22-18-33-19-24-20-39-16-15-35(24)30(22)28/h1-11,13-14,17-19,28,30,33,36H,12,15-16,20H2,(H,34,38). The summed E-state index contributed by atoms with van der Waals surface area (Å²) in [5, 5.41) is 17.1. The average molecular weight is 536 g/mol. The molecule has 1 amide bonds. The zero-order chi connectivity index (χ0) is 26.8. The Balaban J connectivity index is 1.24. The van der Waals surface area contributed by atoms with E-state index in [2.05, 4.69) is 21.6 Å². The van der Waals surface area contributed by atoms with Crippen LogP contribution in [0.15, 0.2) is 109 Å². The van der Waals surface area contributed by atoms with E-state index in [0.29, 0.717) is 17.7 Å². The van der Waals surface area contributed by atoms with Crippen LogP contribution in [0.3, 0.4) is 0 Å². The molecule has 1 aliphatic carbocycles. The van der Waals surface area contributed by atoms with Crippen molar-refractivity contribution in [1.29, 1.82) is 0 Å². The largest absolute Gasteiger partial charge is 0.507 e. The van der Waals surface area contributed by atoms with Gasteiger partial charge in [0.05, 0.1) is 17.5 Å². The number of rotatable bonds is 5. The highest BCUT2D eigenvalue weighted by molar-refractivity contribution is 7.99. The Labute approximate surface area is 232 Å². The van der Waals surface area contributed by atoms with Gasteiger partial charge in [-0.1, -0.05) is 60.7 Å². The van der Waals surface area contributed by atoms with Crippen LogP contribution in [0.2, 0.25) is 0 Å². The van der Waals surface area contributed by atoms with Crippen molar-refractivity contribution >= 4 is 29.1 Å². The maximum Gasteiger partial charge on any atom is 0.256 e. The minimum Gasteiger partial charge on any atom is -0.507 e. The van der Waals surface area contributed by atoms with Crippen molar-refractivity contribution < 1.29 is 14.7 Å². The van der Waals surface area contributed by atoms with Gasteiger partial charge < -0.3 is 20.6 Å². The molecule has 0 aromatic heterocycles. The average Bonchev–Trinajstić information content (AvgIpc) is 3.17. The molecular formula is C32H29N3O3S. The van der Waals surface area contributed by atoms with Crippen LogP contribution in [-0.2, 0) is 0 Å². The van der Waals surface area contributed by atoms with Crippen molar-refractivity contribution in [2.45, 2.75) is 12.5 Å². The molecule has 3 aliphatic rings. The third-order valence-electron chi connectivity index (χ3n) is 7.47. The molecule has 2 aliphatic heterocycles. The normalized spacial score (nSPS) is 19.9. The van der Waals surface area contributed by atoms with Crippen LogP contribution in [0.4, 0.5) is 5.69 Å². The lowest BCUT2D eigenvalue weighted by Crippen LogP contribution is -2.47. The lowest BCUT2D eigenvalue weighted by molar-refractivity contribution is 0.0847. The number of hydrogen-bond acceptors (Lipinski definition) is 6. The highest BCUT2D eigenvalue weighted by Crippen LogP contribution is 2.38. The fourth-order valence-corrected chi connectivity index (χ4v) is 6.53. The summed E-state index contributed by atoms with van der Waals surface area (Å²) in [4.78, 5) is 29.4. The SMILES string of the molecule is O=C(Nc1ccc(C(=O)C2CC=CC3=CNC=C4CSCCN4C32)c(O)c1)c1ccccc1-c1ccccc1. The Kier molecular flexibility index (Phi) is 6.99. The summed E-state index contributed by atoms with van der Waals surface area (Å²) < 4.78 is 0. The second-order valence-electron chi connectivity index (χ2n) is 9.84. The van der Waals surface area contributed by atoms with Crippen molar-refractivity contribution in [3.05, 3.63) is 120 Å². The molecule has 0 spiro atoms. The van der Waals surface area contributed by atoms with Gasteiger partial charge in [0, 0.05) is 53.5 Å². The number of aromatic hydroxyl groups is 1. The van der Waals surface area contributed by atoms with E-state index >= 15 is 0 Å². The molecule has 196 valence electrons. The summed E-state index contributed by atoms with van der Waals surface area (Å²) in [6, 6.07) is 21.8. The molecule has 6 nitrogen and oxygen atoms in total. The van der Waals surface area contributed by atoms with Crippen molar-refractivity contribution in [3.8, 4) is 16.9 Å². The number of benzene rings is 3. The number of ketones is 1. The fourth-order valence-electron chi connectivity index (χ4n) is 5.60. The zero-order valence-electron chi connectivity index (χ0n) is 21.3. The van der Waals surface area contributed by atoms with Gasteiger partial charge in [0.1, 0.15) is 5.75 Å². The topological polar surface area (TPSA) is 81.7 Å². The molecule has 1 saturated heterocycles. The number of hydrogen-bond donors (Lipinski definition) is 3. The van der Waals surface area contributed by atoms with Crippen LogP contribution in [0, 0.1) is 5.92 Å². The lowest BCUT2D eigenvalue weighted by atomic mass is 9.79. The number of phenols is 1. The molecule has 2 unspecified atom stereocenters. The molecule has 1 fully saturated rings. The highest BCUT2D eigenvalue weighted by atomic mass is 32.2. The van der Waals surface area contributed by atoms with Crippen molar-refractivity contribution in [2.24, 2.45) is 5.92 Å². The number of nitrogens with zero attached hydrogens (tertiary/aromatic N) is 1. The third kappa shape index (κ3) is 4.98. The van der Waals surface area contributed by atoms with Gasteiger partial charge in [0.2, 0.25) is 0 Å². The van der Waals surface area contributed by atoms with E-state index in [9.17, 15) is 14.7 Å². The van der Waals surface area contributed by atoms with Crippen LogP contribution < -0.4 is 10.6 Å². The second kappa shape index (κ2) is 10.9. The van der Waals surface area contributed by atoms with Crippen molar-refractivity contribution in [1.82, 2.24) is 10.2 Å². The molecular weight excluding hydrogens is 506 g/mol. The van der Waals surface area contributed by atoms with Crippen molar-refractivity contribution in [2.75, 3.05) is 23.4 Å². The summed E-state index contributed by atoms with van der Waals surface area (Å²) in [7, 11) is 0. The number of carbonyl (C=O) groups is 2. The second-order valence-corrected chi connectivity index (χ2v) is 10.9. The summed E-state index contributed by atoms with van der Waals surface area (Å²) in [6.45, 7) is 0.874. The van der Waals surface area contributed by atoms with Crippen LogP contribution in [0.1, 0.15) is 27.1 Å². The van der Waals surface area contributed by atoms with E-state index in [0.717, 1.165) is 34.8 Å². The molecule has 39 heavy (non-hydrogen) atoms. The Hall–Kier alpha value is -4.23. The Bertz CT molecular complexity index is 1510. The van der Waals surface area contributed by atoms with Gasteiger partial charge >= 0.3 is 0 Å². The summed E-state index contributed by atoms with van der Waals surface area (Å²) >= 11 is 1.89. The molecule has 3 aromatic rings. The van der Waals surface area contributed by atoms with Gasteiger partial charge in [0.15, 0.2) is 5.78 Å². The van der Waals surface area contributed by atoms with Crippen LogP contribution >= 0.6 is 11.8 Å². The van der Waals surface area contributed by atoms with Crippen LogP contribution in [0.25, 0.3) is 11.1 Å². The predicted molar refractivity (Wildman–Crippen MR) is 157 cm³/mol. The molecule has 2 atom stereocenters. The number of Topliss-reactive ketones (excluding diaryl/α,β-unsaturated/α-hetero) is 1. The quantitative estimate of drug-likeness (QED) is 0.358. The molecule has 0 radical (unpaired) electrons. The first-order chi connectivity index (χ1) is 19.1. The molecule has 7 heteroatoms. The van der Waals surface area contributed by atoms with Gasteiger partial charge in [-0.15, -0.1) is 0 Å². The predicted octanol–water partition coefficient (Wildman–Crippen LogP) is 5.82. The van der Waals surface area contributed by atoms with E-state index in [-0.39, 0.29) is 35.0 Å². The smallest absolute Gasteiger partial charge is 0.256 e. The number of anilines is 1. The minimum absolute atomic E-state index is 0.0853. The van der Waals surface area contributed by atoms with E-state index in [1.165, 1.54) is 11.8 Å². The minimum atomic E-state index is -0.322. The van der Waals surface area contributed by atoms with E-state index in [4.69, 9.17) is 0 Å². The molecule has 0 bridgehead atoms. The van der Waals surface area contributed by atoms with Crippen molar-refractivity contribution in [3.63, 3.8) is 0 Å². The van der Waals surface area contributed by atoms with Crippen LogP contribution in [-0.4, -0.2) is 45.8 Å². The number of allylic oxidation sites excluding steroid dienone is 1. The highest BCUT2D eigenvalue weighted by Gasteiger charge is 2.39. The molecule has 3 aromatic carbocycles. The fraction of sp³-hybridized carbons (Fsp3) is 0.188. The number of nitrogens with one attached hydrogen (secondary N) is 2. The Morgan fingerprint density at radius 2 is 1.79 bits per heavy atom. The first kappa shape index (κ1) is 25.1. The maximum absolute atomic E-state index is 13.8. The van der Waals surface area contributed by atoms with E-state index < -0.39 is 0 Å². The number of fused-ring (bicyclic) bond motifs is 3. The molecule has 3 N–H and O–H groups in total. The molecule has 2 heterocycles. The molecule has 0 saturated carbocycles. The lowest BCUT2D eigenvalue weighted by Gasteiger charge is -2.42. The van der Waals surface area contributed by atoms with E-state index in [1.54, 1.807) is 18.2 Å². The Morgan fingerprint density at radius 3 is 2.64 bits per heavy atom. The molecule has 6 rings (SSSR count). The maximum atomic E-state index is 13.8. The van der Waals surface area contributed by atoms with E-state index in [1.807, 2.05) is 78.8 Å². The number of amides is 1. The van der Waals surface area contributed by atoms with Gasteiger partial charge in [-0.3, -0.25) is 9.59 Å². The monoisotopic (exact) mass is 535 g/mol.